The van der Waals surface area contributed by atoms with Crippen LogP contribution in [0.2, 0.25) is 0 Å². The lowest BCUT2D eigenvalue weighted by atomic mass is 10.1. The van der Waals surface area contributed by atoms with Crippen LogP contribution in [0.4, 0.5) is 19.0 Å². The molecule has 0 amide bonds. The number of thiazole rings is 1. The van der Waals surface area contributed by atoms with Crippen LogP contribution in [0.5, 0.6) is 5.75 Å². The lowest BCUT2D eigenvalue weighted by Gasteiger charge is -2.15. The molecule has 0 aliphatic carbocycles. The summed E-state index contributed by atoms with van der Waals surface area (Å²) in [7, 11) is 0. The molecule has 2 heterocycles. The maximum absolute atomic E-state index is 12.3. The number of hydrogen-bond acceptors (Lipinski definition) is 8. The molecule has 0 unspecified atom stereocenters. The first kappa shape index (κ1) is 24.8. The van der Waals surface area contributed by atoms with Crippen LogP contribution >= 0.6 is 23.1 Å². The molecule has 0 bridgehead atoms. The third-order valence-corrected chi connectivity index (χ3v) is 6.60. The first-order chi connectivity index (χ1) is 15.4. The van der Waals surface area contributed by atoms with E-state index >= 15 is 0 Å². The Hall–Kier alpha value is -2.86. The zero-order valence-corrected chi connectivity index (χ0v) is 19.6. The number of rotatable bonds is 9. The van der Waals surface area contributed by atoms with E-state index in [9.17, 15) is 23.1 Å². The molecular weight excluding hydrogens is 477 g/mol. The van der Waals surface area contributed by atoms with Gasteiger partial charge < -0.3 is 15.2 Å². The number of aromatic nitrogens is 3. The number of anilines is 1. The minimum Gasteiger partial charge on any atom is -0.480 e. The van der Waals surface area contributed by atoms with Crippen LogP contribution in [0.3, 0.4) is 0 Å². The van der Waals surface area contributed by atoms with Crippen LogP contribution in [0, 0.1) is 6.92 Å². The molecular formula is C21H21F3N4O3S2. The van der Waals surface area contributed by atoms with Gasteiger partial charge in [0.05, 0.1) is 11.4 Å². The molecule has 0 spiro atoms. The fourth-order valence-electron chi connectivity index (χ4n) is 2.65. The Balaban J connectivity index is 1.56. The molecule has 0 radical (unpaired) electrons. The highest BCUT2D eigenvalue weighted by Crippen LogP contribution is 2.34. The molecule has 0 atom stereocenters. The zero-order valence-electron chi connectivity index (χ0n) is 17.9. The average molecular weight is 499 g/mol. The summed E-state index contributed by atoms with van der Waals surface area (Å²) in [5.41, 5.74) is 2.82. The van der Waals surface area contributed by atoms with Crippen molar-refractivity contribution >= 4 is 34.9 Å². The lowest BCUT2D eigenvalue weighted by Crippen LogP contribution is -2.26. The number of alkyl halides is 3. The molecule has 176 valence electrons. The van der Waals surface area contributed by atoms with Crippen molar-refractivity contribution < 1.29 is 27.8 Å². The highest BCUT2D eigenvalue weighted by molar-refractivity contribution is 8.02. The number of aryl methyl sites for hydroxylation is 1. The highest BCUT2D eigenvalue weighted by atomic mass is 32.2. The summed E-state index contributed by atoms with van der Waals surface area (Å²) in [4.78, 5) is 15.7. The molecule has 7 nitrogen and oxygen atoms in total. The van der Waals surface area contributed by atoms with Crippen molar-refractivity contribution in [3.8, 4) is 17.0 Å². The van der Waals surface area contributed by atoms with E-state index < -0.39 is 17.1 Å². The van der Waals surface area contributed by atoms with Crippen LogP contribution < -0.4 is 10.1 Å². The van der Waals surface area contributed by atoms with Crippen LogP contribution in [-0.2, 0) is 11.2 Å². The number of carbonyl (C=O) groups is 1. The number of nitrogens with zero attached hydrogens (tertiary/aromatic N) is 3. The molecule has 0 saturated carbocycles. The predicted octanol–water partition coefficient (Wildman–Crippen LogP) is 5.42. The number of hydrogen-bond donors (Lipinski definition) is 2. The molecule has 12 heteroatoms. The van der Waals surface area contributed by atoms with Gasteiger partial charge in [-0.1, -0.05) is 11.8 Å². The van der Waals surface area contributed by atoms with Crippen LogP contribution in [-0.4, -0.2) is 43.9 Å². The normalized spacial score (nSPS) is 11.9. The predicted molar refractivity (Wildman–Crippen MR) is 121 cm³/mol. The topological polar surface area (TPSA) is 97.2 Å². The molecule has 3 aromatic rings. The van der Waals surface area contributed by atoms with Crippen molar-refractivity contribution in [3.63, 3.8) is 0 Å². The largest absolute Gasteiger partial charge is 0.573 e. The van der Waals surface area contributed by atoms with Crippen molar-refractivity contribution in [3.05, 3.63) is 47.0 Å². The van der Waals surface area contributed by atoms with E-state index in [0.29, 0.717) is 34.4 Å². The van der Waals surface area contributed by atoms with E-state index in [4.69, 9.17) is 0 Å². The van der Waals surface area contributed by atoms with Crippen molar-refractivity contribution in [2.24, 2.45) is 0 Å². The quantitative estimate of drug-likeness (QED) is 0.378. The van der Waals surface area contributed by atoms with Gasteiger partial charge in [0.25, 0.3) is 0 Å². The monoisotopic (exact) mass is 498 g/mol. The van der Waals surface area contributed by atoms with E-state index in [1.807, 2.05) is 12.3 Å². The molecule has 2 N–H and O–H groups in total. The SMILES string of the molecule is Cc1cc(-c2ccc(OC(F)(F)F)cc2)nnc1NCCc1csc(SC(C)(C)C(=O)O)n1. The van der Waals surface area contributed by atoms with Crippen molar-refractivity contribution in [2.45, 2.75) is 42.6 Å². The fourth-order valence-corrected chi connectivity index (χ4v) is 4.88. The molecule has 3 rings (SSSR count). The Morgan fingerprint density at radius 2 is 1.91 bits per heavy atom. The number of halogens is 3. The smallest absolute Gasteiger partial charge is 0.480 e. The highest BCUT2D eigenvalue weighted by Gasteiger charge is 2.31. The van der Waals surface area contributed by atoms with Crippen LogP contribution in [0.25, 0.3) is 11.3 Å². The molecule has 0 fully saturated rings. The van der Waals surface area contributed by atoms with Gasteiger partial charge in [-0.2, -0.15) is 0 Å². The standard InChI is InChI=1S/C21H21F3N4O3S2/c1-12-10-16(13-4-6-15(7-5-13)31-21(22,23)24)27-28-17(12)25-9-8-14-11-32-19(26-14)33-20(2,3)18(29)30/h4-7,10-11H,8-9H2,1-3H3,(H,25,28)(H,29,30). The number of benzene rings is 1. The third kappa shape index (κ3) is 7.06. The molecule has 33 heavy (non-hydrogen) atoms. The van der Waals surface area contributed by atoms with Crippen molar-refractivity contribution in [2.75, 3.05) is 11.9 Å². The summed E-state index contributed by atoms with van der Waals surface area (Å²) in [5.74, 6) is -0.606. The van der Waals surface area contributed by atoms with E-state index in [0.717, 1.165) is 11.3 Å². The molecule has 0 aliphatic heterocycles. The van der Waals surface area contributed by atoms with E-state index in [2.05, 4.69) is 25.2 Å². The van der Waals surface area contributed by atoms with Gasteiger partial charge in [-0.25, -0.2) is 4.98 Å². The number of carboxylic acids is 1. The molecule has 1 aromatic carbocycles. The molecule has 0 saturated heterocycles. The minimum absolute atomic E-state index is 0.302. The summed E-state index contributed by atoms with van der Waals surface area (Å²) in [6.07, 6.45) is -4.12. The Labute approximate surface area is 196 Å². The fraction of sp³-hybridized carbons (Fsp3) is 0.333. The average Bonchev–Trinajstić information content (AvgIpc) is 3.15. The number of carboxylic acid groups (broad SMARTS) is 1. The second-order valence-electron chi connectivity index (χ2n) is 7.53. The molecule has 0 aliphatic rings. The second kappa shape index (κ2) is 9.96. The Kier molecular flexibility index (Phi) is 7.48. The van der Waals surface area contributed by atoms with Crippen molar-refractivity contribution in [1.82, 2.24) is 15.2 Å². The Morgan fingerprint density at radius 1 is 1.21 bits per heavy atom. The van der Waals surface area contributed by atoms with Gasteiger partial charge in [0.15, 0.2) is 10.2 Å². The number of nitrogens with one attached hydrogen (secondary N) is 1. The second-order valence-corrected chi connectivity index (χ2v) is 10.3. The first-order valence-electron chi connectivity index (χ1n) is 9.74. The maximum Gasteiger partial charge on any atom is 0.573 e. The Bertz CT molecular complexity index is 1120. The number of thioether (sulfide) groups is 1. The van der Waals surface area contributed by atoms with Gasteiger partial charge in [0.1, 0.15) is 10.5 Å². The lowest BCUT2D eigenvalue weighted by molar-refractivity contribution is -0.274. The zero-order chi connectivity index (χ0) is 24.2. The summed E-state index contributed by atoms with van der Waals surface area (Å²) < 4.78 is 40.5. The maximum atomic E-state index is 12.3. The minimum atomic E-state index is -4.74. The van der Waals surface area contributed by atoms with Crippen molar-refractivity contribution in [1.29, 1.82) is 0 Å². The first-order valence-corrected chi connectivity index (χ1v) is 11.4. The Morgan fingerprint density at radius 3 is 2.52 bits per heavy atom. The van der Waals surface area contributed by atoms with E-state index in [1.54, 1.807) is 19.9 Å². The third-order valence-electron chi connectivity index (χ3n) is 4.43. The van der Waals surface area contributed by atoms with Crippen LogP contribution in [0.1, 0.15) is 25.1 Å². The van der Waals surface area contributed by atoms with Crippen LogP contribution in [0.15, 0.2) is 40.1 Å². The number of aliphatic carboxylic acids is 1. The van der Waals surface area contributed by atoms with Gasteiger partial charge in [0, 0.05) is 23.9 Å². The summed E-state index contributed by atoms with van der Waals surface area (Å²) in [5, 5.41) is 22.7. The van der Waals surface area contributed by atoms with Gasteiger partial charge in [-0.05, 0) is 56.7 Å². The van der Waals surface area contributed by atoms with Gasteiger partial charge >= 0.3 is 12.3 Å². The number of ether oxygens (including phenoxy) is 1. The summed E-state index contributed by atoms with van der Waals surface area (Å²) >= 11 is 2.62. The summed E-state index contributed by atoms with van der Waals surface area (Å²) in [6, 6.07) is 7.22. The van der Waals surface area contributed by atoms with E-state index in [1.165, 1.54) is 47.4 Å². The van der Waals surface area contributed by atoms with Gasteiger partial charge in [-0.3, -0.25) is 4.79 Å². The van der Waals surface area contributed by atoms with E-state index in [-0.39, 0.29) is 5.75 Å². The molecule has 2 aromatic heterocycles. The summed E-state index contributed by atoms with van der Waals surface area (Å²) in [6.45, 7) is 5.68. The van der Waals surface area contributed by atoms with Gasteiger partial charge in [0.2, 0.25) is 0 Å². The van der Waals surface area contributed by atoms with Gasteiger partial charge in [-0.15, -0.1) is 34.7 Å².